The molecule has 35 heavy (non-hydrogen) atoms. The van der Waals surface area contributed by atoms with Gasteiger partial charge in [0.05, 0.1) is 18.0 Å². The van der Waals surface area contributed by atoms with Gasteiger partial charge in [0.2, 0.25) is 11.8 Å². The van der Waals surface area contributed by atoms with Gasteiger partial charge in [-0.25, -0.2) is 14.8 Å². The average molecular weight is 490 g/mol. The van der Waals surface area contributed by atoms with Gasteiger partial charge in [0.15, 0.2) is 0 Å². The first kappa shape index (κ1) is 24.1. The van der Waals surface area contributed by atoms with Crippen molar-refractivity contribution in [2.45, 2.75) is 37.9 Å². The van der Waals surface area contributed by atoms with Gasteiger partial charge in [-0.3, -0.25) is 14.7 Å². The molecular formula is C22H21F3N6O4. The predicted molar refractivity (Wildman–Crippen MR) is 118 cm³/mol. The Kier molecular flexibility index (Phi) is 6.41. The monoisotopic (exact) mass is 490 g/mol. The average Bonchev–Trinajstić information content (AvgIpc) is 3.46. The number of hydrogen-bond acceptors (Lipinski definition) is 8. The van der Waals surface area contributed by atoms with Crippen molar-refractivity contribution in [3.63, 3.8) is 0 Å². The highest BCUT2D eigenvalue weighted by Gasteiger charge is 2.56. The molecule has 0 saturated carbocycles. The Hall–Kier alpha value is -4.03. The fraction of sp³-hybridized carbons (Fsp3) is 0.364. The Labute approximate surface area is 197 Å². The predicted octanol–water partition coefficient (Wildman–Crippen LogP) is 4.09. The minimum atomic E-state index is -4.73. The molecule has 0 N–H and O–H groups in total. The lowest BCUT2D eigenvalue weighted by molar-refractivity contribution is -0.384. The zero-order valence-electron chi connectivity index (χ0n) is 18.6. The van der Waals surface area contributed by atoms with Gasteiger partial charge in [-0.2, -0.15) is 18.2 Å². The topological polar surface area (TPSA) is 116 Å². The molecule has 1 fully saturated rings. The quantitative estimate of drug-likeness (QED) is 0.276. The first-order valence-corrected chi connectivity index (χ1v) is 10.8. The molecule has 3 heterocycles. The number of esters is 1. The summed E-state index contributed by atoms with van der Waals surface area (Å²) in [5.74, 6) is -1.10. The van der Waals surface area contributed by atoms with Crippen molar-refractivity contribution < 1.29 is 27.6 Å². The number of rotatable bonds is 7. The first-order valence-electron chi connectivity index (χ1n) is 10.8. The van der Waals surface area contributed by atoms with Crippen molar-refractivity contribution >= 4 is 17.5 Å². The van der Waals surface area contributed by atoms with Crippen LogP contribution in [0, 0.1) is 10.1 Å². The molecule has 13 heteroatoms. The van der Waals surface area contributed by atoms with E-state index in [4.69, 9.17) is 4.74 Å². The number of anilines is 1. The van der Waals surface area contributed by atoms with Crippen molar-refractivity contribution in [2.24, 2.45) is 0 Å². The highest BCUT2D eigenvalue weighted by molar-refractivity contribution is 5.87. The van der Waals surface area contributed by atoms with Gasteiger partial charge in [-0.1, -0.05) is 30.3 Å². The van der Waals surface area contributed by atoms with Gasteiger partial charge >= 0.3 is 17.8 Å². The molecule has 0 amide bonds. The molecule has 1 aromatic carbocycles. The standard InChI is InChI=1S/C22H21F3N6O4/c1-2-35-19(32)21(14-22(23,24)25)9-6-11-30(21)18-16(31(33)34)13-27-20(28-18)29-12-10-26-17(29)15-7-4-3-5-8-15/h3-5,7-8,10,12-13H,2,6,9,11,14H2,1H3. The van der Waals surface area contributed by atoms with Gasteiger partial charge in [-0.05, 0) is 19.8 Å². The zero-order valence-corrected chi connectivity index (χ0v) is 18.6. The number of nitro groups is 1. The van der Waals surface area contributed by atoms with E-state index in [-0.39, 0.29) is 37.8 Å². The third-order valence-corrected chi connectivity index (χ3v) is 5.71. The molecular weight excluding hydrogens is 469 g/mol. The number of hydrogen-bond donors (Lipinski definition) is 0. The minimum Gasteiger partial charge on any atom is -0.464 e. The maximum absolute atomic E-state index is 13.6. The Bertz CT molecular complexity index is 1230. The van der Waals surface area contributed by atoms with Crippen molar-refractivity contribution in [1.29, 1.82) is 0 Å². The van der Waals surface area contributed by atoms with Crippen molar-refractivity contribution in [2.75, 3.05) is 18.1 Å². The van der Waals surface area contributed by atoms with Crippen LogP contribution in [0.1, 0.15) is 26.2 Å². The van der Waals surface area contributed by atoms with Crippen LogP contribution >= 0.6 is 0 Å². The minimum absolute atomic E-state index is 0.0429. The summed E-state index contributed by atoms with van der Waals surface area (Å²) in [6.07, 6.45) is -2.33. The summed E-state index contributed by atoms with van der Waals surface area (Å²) in [5, 5.41) is 11.8. The number of benzene rings is 1. The Morgan fingerprint density at radius 3 is 2.66 bits per heavy atom. The summed E-state index contributed by atoms with van der Waals surface area (Å²) in [4.78, 5) is 37.6. The number of imidazole rings is 1. The number of carbonyl (C=O) groups excluding carboxylic acids is 1. The molecule has 0 spiro atoms. The number of carbonyl (C=O) groups is 1. The van der Waals surface area contributed by atoms with Crippen molar-refractivity contribution in [1.82, 2.24) is 19.5 Å². The van der Waals surface area contributed by atoms with Gasteiger partial charge in [0, 0.05) is 24.5 Å². The second-order valence-corrected chi connectivity index (χ2v) is 7.92. The number of alkyl halides is 3. The summed E-state index contributed by atoms with van der Waals surface area (Å²) in [5.41, 5.74) is -2.09. The molecule has 0 radical (unpaired) electrons. The maximum atomic E-state index is 13.6. The van der Waals surface area contributed by atoms with Crippen LogP contribution in [0.4, 0.5) is 24.7 Å². The van der Waals surface area contributed by atoms with Crippen LogP contribution in [0.5, 0.6) is 0 Å². The lowest BCUT2D eigenvalue weighted by Crippen LogP contribution is -2.54. The normalized spacial score (nSPS) is 18.0. The highest BCUT2D eigenvalue weighted by Crippen LogP contribution is 2.44. The van der Waals surface area contributed by atoms with Crippen LogP contribution in [0.15, 0.2) is 48.9 Å². The molecule has 2 aromatic heterocycles. The largest absolute Gasteiger partial charge is 0.464 e. The second kappa shape index (κ2) is 9.31. The van der Waals surface area contributed by atoms with Crippen LogP contribution in [-0.2, 0) is 9.53 Å². The van der Waals surface area contributed by atoms with Crippen LogP contribution in [0.25, 0.3) is 17.3 Å². The van der Waals surface area contributed by atoms with Gasteiger partial charge in [0.25, 0.3) is 0 Å². The van der Waals surface area contributed by atoms with Crippen LogP contribution in [0.2, 0.25) is 0 Å². The SMILES string of the molecule is CCOC(=O)C1(CC(F)(F)F)CCCN1c1nc(-n2ccnc2-c2ccccc2)ncc1[N+](=O)[O-]. The number of nitrogens with zero attached hydrogens (tertiary/aromatic N) is 6. The molecule has 0 bridgehead atoms. The molecule has 1 aliphatic rings. The summed E-state index contributed by atoms with van der Waals surface area (Å²) >= 11 is 0. The van der Waals surface area contributed by atoms with E-state index < -0.39 is 34.7 Å². The molecule has 3 aromatic rings. The summed E-state index contributed by atoms with van der Waals surface area (Å²) < 4.78 is 47.4. The van der Waals surface area contributed by atoms with Gasteiger partial charge in [0.1, 0.15) is 17.6 Å². The van der Waals surface area contributed by atoms with E-state index in [1.54, 1.807) is 24.3 Å². The Balaban J connectivity index is 1.87. The smallest absolute Gasteiger partial charge is 0.391 e. The molecule has 1 atom stereocenters. The summed E-state index contributed by atoms with van der Waals surface area (Å²) in [6, 6.07) is 9.00. The van der Waals surface area contributed by atoms with E-state index in [0.717, 1.165) is 11.1 Å². The molecule has 1 saturated heterocycles. The summed E-state index contributed by atoms with van der Waals surface area (Å²) in [7, 11) is 0. The molecule has 0 aliphatic carbocycles. The molecule has 1 unspecified atom stereocenters. The molecule has 184 valence electrons. The first-order chi connectivity index (χ1) is 16.7. The van der Waals surface area contributed by atoms with Crippen molar-refractivity contribution in [3.05, 3.63) is 59.0 Å². The third-order valence-electron chi connectivity index (χ3n) is 5.71. The lowest BCUT2D eigenvalue weighted by atomic mass is 9.91. The third kappa shape index (κ3) is 4.66. The Morgan fingerprint density at radius 2 is 2.00 bits per heavy atom. The highest BCUT2D eigenvalue weighted by atomic mass is 19.4. The number of halogens is 3. The van der Waals surface area contributed by atoms with E-state index in [2.05, 4.69) is 15.0 Å². The molecule has 10 nitrogen and oxygen atoms in total. The van der Waals surface area contributed by atoms with E-state index in [1.165, 1.54) is 23.9 Å². The number of aromatic nitrogens is 4. The summed E-state index contributed by atoms with van der Waals surface area (Å²) in [6.45, 7) is 1.29. The van der Waals surface area contributed by atoms with Crippen LogP contribution in [0.3, 0.4) is 0 Å². The zero-order chi connectivity index (χ0) is 25.2. The van der Waals surface area contributed by atoms with Gasteiger partial charge < -0.3 is 9.64 Å². The molecule has 4 rings (SSSR count). The fourth-order valence-corrected chi connectivity index (χ4v) is 4.32. The van der Waals surface area contributed by atoms with Gasteiger partial charge in [-0.15, -0.1) is 0 Å². The lowest BCUT2D eigenvalue weighted by Gasteiger charge is -2.37. The van der Waals surface area contributed by atoms with Crippen LogP contribution < -0.4 is 4.90 Å². The van der Waals surface area contributed by atoms with E-state index in [0.29, 0.717) is 11.4 Å². The maximum Gasteiger partial charge on any atom is 0.391 e. The van der Waals surface area contributed by atoms with Crippen LogP contribution in [-0.4, -0.2) is 55.3 Å². The molecule has 1 aliphatic heterocycles. The van der Waals surface area contributed by atoms with Crippen molar-refractivity contribution in [3.8, 4) is 17.3 Å². The van der Waals surface area contributed by atoms with E-state index in [9.17, 15) is 28.1 Å². The fourth-order valence-electron chi connectivity index (χ4n) is 4.32. The van der Waals surface area contributed by atoms with E-state index >= 15 is 0 Å². The Morgan fingerprint density at radius 1 is 1.26 bits per heavy atom. The van der Waals surface area contributed by atoms with E-state index in [1.807, 2.05) is 6.07 Å². The number of ether oxygens (including phenoxy) is 1. The second-order valence-electron chi connectivity index (χ2n) is 7.92.